The quantitative estimate of drug-likeness (QED) is 0.733. The van der Waals surface area contributed by atoms with Gasteiger partial charge in [0.05, 0.1) is 17.7 Å². The molecule has 0 amide bonds. The number of carboxylic acids is 1. The third-order valence-corrected chi connectivity index (χ3v) is 4.26. The molecule has 1 aromatic heterocycles. The maximum atomic E-state index is 11.6. The lowest BCUT2D eigenvalue weighted by molar-refractivity contribution is 0.0525. The third-order valence-electron chi connectivity index (χ3n) is 4.26. The molecule has 0 unspecified atom stereocenters. The van der Waals surface area contributed by atoms with Crippen molar-refractivity contribution in [1.29, 1.82) is 0 Å². The number of ether oxygens (including phenoxy) is 1. The van der Waals surface area contributed by atoms with E-state index in [1.165, 1.54) is 6.20 Å². The van der Waals surface area contributed by atoms with E-state index in [1.54, 1.807) is 25.1 Å². The maximum Gasteiger partial charge on any atom is 0.339 e. The second kappa shape index (κ2) is 7.97. The van der Waals surface area contributed by atoms with Gasteiger partial charge in [-0.15, -0.1) is 0 Å². The molecule has 2 N–H and O–H groups in total. The summed E-state index contributed by atoms with van der Waals surface area (Å²) in [5, 5.41) is 12.3. The van der Waals surface area contributed by atoms with Gasteiger partial charge in [-0.25, -0.2) is 14.6 Å². The highest BCUT2D eigenvalue weighted by molar-refractivity contribution is 5.89. The molecule has 1 fully saturated rings. The highest BCUT2D eigenvalue weighted by atomic mass is 16.5. The minimum absolute atomic E-state index is 0.293. The van der Waals surface area contributed by atoms with Gasteiger partial charge in [0.15, 0.2) is 0 Å². The fraction of sp³-hybridized carbons (Fsp3) is 0.316. The van der Waals surface area contributed by atoms with Gasteiger partial charge in [0.25, 0.3) is 0 Å². The first-order valence-electron chi connectivity index (χ1n) is 8.50. The highest BCUT2D eigenvalue weighted by Gasteiger charge is 2.27. The van der Waals surface area contributed by atoms with Gasteiger partial charge in [-0.2, -0.15) is 0 Å². The van der Waals surface area contributed by atoms with Crippen LogP contribution in [0.3, 0.4) is 0 Å². The van der Waals surface area contributed by atoms with Crippen LogP contribution in [0.4, 0.5) is 5.82 Å². The summed E-state index contributed by atoms with van der Waals surface area (Å²) in [6, 6.07) is 10.8. The lowest BCUT2D eigenvalue weighted by Gasteiger charge is -2.40. The number of hydrogen-bond donors (Lipinski definition) is 2. The first-order valence-corrected chi connectivity index (χ1v) is 8.50. The lowest BCUT2D eigenvalue weighted by Crippen LogP contribution is -2.58. The number of carboxylic acid groups (broad SMARTS) is 1. The Kier molecular flexibility index (Phi) is 5.48. The van der Waals surface area contributed by atoms with Crippen molar-refractivity contribution in [3.05, 3.63) is 59.3 Å². The Morgan fingerprint density at radius 3 is 2.46 bits per heavy atom. The second-order valence-electron chi connectivity index (χ2n) is 6.11. The van der Waals surface area contributed by atoms with E-state index in [4.69, 9.17) is 9.84 Å². The van der Waals surface area contributed by atoms with Crippen molar-refractivity contribution in [1.82, 2.24) is 10.3 Å². The van der Waals surface area contributed by atoms with Crippen molar-refractivity contribution in [3.63, 3.8) is 0 Å². The summed E-state index contributed by atoms with van der Waals surface area (Å²) < 4.78 is 4.94. The number of hydrogen-bond acceptors (Lipinski definition) is 6. The van der Waals surface area contributed by atoms with Gasteiger partial charge < -0.3 is 20.1 Å². The molecule has 0 spiro atoms. The number of pyridine rings is 1. The van der Waals surface area contributed by atoms with Crippen molar-refractivity contribution in [3.8, 4) is 0 Å². The van der Waals surface area contributed by atoms with Crippen LogP contribution in [0.2, 0.25) is 0 Å². The molecule has 1 saturated heterocycles. The van der Waals surface area contributed by atoms with Crippen molar-refractivity contribution in [2.24, 2.45) is 0 Å². The van der Waals surface area contributed by atoms with Crippen molar-refractivity contribution >= 4 is 17.8 Å². The van der Waals surface area contributed by atoms with Gasteiger partial charge in [-0.3, -0.25) is 0 Å². The standard InChI is InChI=1S/C19H21N3O4/c1-2-26-19(25)15-7-8-17(21-10-15)22-11-16(12-22)20-9-13-3-5-14(6-4-13)18(23)24/h3-8,10,16,20H,2,9,11-12H2,1H3,(H,23,24). The Morgan fingerprint density at radius 2 is 1.88 bits per heavy atom. The van der Waals surface area contributed by atoms with Gasteiger partial charge in [0.1, 0.15) is 5.82 Å². The first kappa shape index (κ1) is 17.9. The Bertz CT molecular complexity index is 768. The molecular formula is C19H21N3O4. The Hall–Kier alpha value is -2.93. The Morgan fingerprint density at radius 1 is 1.19 bits per heavy atom. The fourth-order valence-electron chi connectivity index (χ4n) is 2.73. The van der Waals surface area contributed by atoms with Crippen molar-refractivity contribution < 1.29 is 19.4 Å². The van der Waals surface area contributed by atoms with Gasteiger partial charge in [0, 0.05) is 31.9 Å². The minimum Gasteiger partial charge on any atom is -0.478 e. The SMILES string of the molecule is CCOC(=O)c1ccc(N2CC(NCc3ccc(C(=O)O)cc3)C2)nc1. The van der Waals surface area contributed by atoms with Crippen molar-refractivity contribution in [2.75, 3.05) is 24.6 Å². The number of aromatic nitrogens is 1. The fourth-order valence-corrected chi connectivity index (χ4v) is 2.73. The molecule has 0 saturated carbocycles. The zero-order valence-corrected chi connectivity index (χ0v) is 14.5. The average Bonchev–Trinajstić information content (AvgIpc) is 2.61. The number of nitrogens with zero attached hydrogens (tertiary/aromatic N) is 2. The summed E-state index contributed by atoms with van der Waals surface area (Å²) in [6.07, 6.45) is 1.54. The molecule has 1 aliphatic heterocycles. The molecule has 1 aliphatic rings. The van der Waals surface area contributed by atoms with Gasteiger partial charge in [-0.05, 0) is 36.8 Å². The normalized spacial score (nSPS) is 14.0. The third kappa shape index (κ3) is 4.18. The number of rotatable bonds is 7. The van der Waals surface area contributed by atoms with Crippen LogP contribution < -0.4 is 10.2 Å². The molecule has 2 aromatic rings. The van der Waals surface area contributed by atoms with Crippen LogP contribution >= 0.6 is 0 Å². The molecule has 0 aliphatic carbocycles. The van der Waals surface area contributed by atoms with Gasteiger partial charge >= 0.3 is 11.9 Å². The summed E-state index contributed by atoms with van der Waals surface area (Å²) in [6.45, 7) is 4.47. The molecule has 3 rings (SSSR count). The number of benzene rings is 1. The second-order valence-corrected chi connectivity index (χ2v) is 6.11. The number of nitrogens with one attached hydrogen (secondary N) is 1. The molecule has 7 nitrogen and oxygen atoms in total. The lowest BCUT2D eigenvalue weighted by atomic mass is 10.1. The first-order chi connectivity index (χ1) is 12.6. The Balaban J connectivity index is 1.45. The van der Waals surface area contributed by atoms with E-state index < -0.39 is 5.97 Å². The predicted octanol–water partition coefficient (Wildman–Crippen LogP) is 1.93. The van der Waals surface area contributed by atoms with Crippen LogP contribution in [0.1, 0.15) is 33.2 Å². The molecule has 2 heterocycles. The van der Waals surface area contributed by atoms with Crippen LogP contribution in [-0.4, -0.2) is 47.8 Å². The number of carbonyl (C=O) groups is 2. The summed E-state index contributed by atoms with van der Waals surface area (Å²) in [7, 11) is 0. The predicted molar refractivity (Wildman–Crippen MR) is 96.4 cm³/mol. The molecule has 0 atom stereocenters. The van der Waals surface area contributed by atoms with E-state index in [0.717, 1.165) is 24.5 Å². The summed E-state index contributed by atoms with van der Waals surface area (Å²) in [5.74, 6) is -0.439. The number of carbonyl (C=O) groups excluding carboxylic acids is 1. The largest absolute Gasteiger partial charge is 0.478 e. The number of aromatic carboxylic acids is 1. The zero-order valence-electron chi connectivity index (χ0n) is 14.5. The Labute approximate surface area is 151 Å². The van der Waals surface area contributed by atoms with Gasteiger partial charge in [-0.1, -0.05) is 12.1 Å². The smallest absolute Gasteiger partial charge is 0.339 e. The summed E-state index contributed by atoms with van der Waals surface area (Å²) in [5.41, 5.74) is 1.79. The molecular weight excluding hydrogens is 334 g/mol. The van der Waals surface area contributed by atoms with Crippen LogP contribution in [0.25, 0.3) is 0 Å². The van der Waals surface area contributed by atoms with Crippen LogP contribution in [0.15, 0.2) is 42.6 Å². The molecule has 26 heavy (non-hydrogen) atoms. The molecule has 1 aromatic carbocycles. The maximum absolute atomic E-state index is 11.6. The molecule has 7 heteroatoms. The van der Waals surface area contributed by atoms with Crippen LogP contribution in [0.5, 0.6) is 0 Å². The van der Waals surface area contributed by atoms with E-state index in [1.807, 2.05) is 18.2 Å². The number of anilines is 1. The van der Waals surface area contributed by atoms with E-state index in [-0.39, 0.29) is 5.97 Å². The zero-order chi connectivity index (χ0) is 18.5. The van der Waals surface area contributed by atoms with Crippen LogP contribution in [-0.2, 0) is 11.3 Å². The monoisotopic (exact) mass is 355 g/mol. The van der Waals surface area contributed by atoms with E-state index in [0.29, 0.717) is 30.3 Å². The summed E-state index contributed by atoms with van der Waals surface area (Å²) >= 11 is 0. The summed E-state index contributed by atoms with van der Waals surface area (Å²) in [4.78, 5) is 28.9. The molecule has 0 bridgehead atoms. The topological polar surface area (TPSA) is 91.8 Å². The van der Waals surface area contributed by atoms with E-state index in [9.17, 15) is 9.59 Å². The molecule has 0 radical (unpaired) electrons. The minimum atomic E-state index is -0.916. The number of esters is 1. The highest BCUT2D eigenvalue weighted by Crippen LogP contribution is 2.19. The van der Waals surface area contributed by atoms with Crippen molar-refractivity contribution in [2.45, 2.75) is 19.5 Å². The van der Waals surface area contributed by atoms with Gasteiger partial charge in [0.2, 0.25) is 0 Å². The van der Waals surface area contributed by atoms with Crippen LogP contribution in [0, 0.1) is 0 Å². The van der Waals surface area contributed by atoms with E-state index in [2.05, 4.69) is 15.2 Å². The average molecular weight is 355 g/mol. The molecule has 136 valence electrons. The van der Waals surface area contributed by atoms with E-state index >= 15 is 0 Å².